The first-order chi connectivity index (χ1) is 15.0. The van der Waals surface area contributed by atoms with Crippen molar-refractivity contribution in [2.75, 3.05) is 34.0 Å². The summed E-state index contributed by atoms with van der Waals surface area (Å²) in [6.45, 7) is 8.68. The number of hydrogen-bond donors (Lipinski definition) is 1. The Hall–Kier alpha value is -3.42. The van der Waals surface area contributed by atoms with Crippen LogP contribution in [0.15, 0.2) is 35.4 Å². The molecule has 0 atom stereocenters. The van der Waals surface area contributed by atoms with Crippen LogP contribution in [0.5, 0.6) is 28.7 Å². The minimum Gasteiger partial charge on any atom is -0.493 e. The molecule has 1 N–H and O–H groups in total. The molecule has 0 fully saturated rings. The van der Waals surface area contributed by atoms with Gasteiger partial charge in [0.15, 0.2) is 23.0 Å². The maximum absolute atomic E-state index is 12.8. The summed E-state index contributed by atoms with van der Waals surface area (Å²) in [5, 5.41) is 4.22. The van der Waals surface area contributed by atoms with Crippen molar-refractivity contribution >= 4 is 11.6 Å². The third kappa shape index (κ3) is 6.04. The van der Waals surface area contributed by atoms with Gasteiger partial charge in [0.1, 0.15) is 0 Å². The molecular formula is C23H30N2O6. The van der Waals surface area contributed by atoms with Crippen LogP contribution in [0.3, 0.4) is 0 Å². The third-order valence-electron chi connectivity index (χ3n) is 4.30. The van der Waals surface area contributed by atoms with Gasteiger partial charge in [-0.3, -0.25) is 4.79 Å². The average Bonchev–Trinajstić information content (AvgIpc) is 2.78. The highest BCUT2D eigenvalue weighted by atomic mass is 16.5. The van der Waals surface area contributed by atoms with Gasteiger partial charge in [0.05, 0.1) is 39.8 Å². The van der Waals surface area contributed by atoms with Crippen LogP contribution in [0.25, 0.3) is 0 Å². The van der Waals surface area contributed by atoms with E-state index < -0.39 is 5.91 Å². The zero-order valence-corrected chi connectivity index (χ0v) is 18.9. The minimum absolute atomic E-state index is 0.346. The largest absolute Gasteiger partial charge is 0.493 e. The Bertz CT molecular complexity index is 899. The van der Waals surface area contributed by atoms with Gasteiger partial charge in [-0.25, -0.2) is 5.43 Å². The lowest BCUT2D eigenvalue weighted by atomic mass is 10.1. The Kier molecular flexibility index (Phi) is 8.99. The highest BCUT2D eigenvalue weighted by molar-refractivity contribution is 6.01. The molecule has 0 heterocycles. The molecule has 2 rings (SSSR count). The van der Waals surface area contributed by atoms with Gasteiger partial charge in [-0.05, 0) is 58.0 Å². The molecule has 0 unspecified atom stereocenters. The first-order valence-corrected chi connectivity index (χ1v) is 10.1. The molecule has 0 bridgehead atoms. The van der Waals surface area contributed by atoms with Gasteiger partial charge in [-0.15, -0.1) is 0 Å². The summed E-state index contributed by atoms with van der Waals surface area (Å²) in [4.78, 5) is 12.8. The molecule has 1 amide bonds. The number of hydrazone groups is 1. The molecule has 2 aromatic carbocycles. The second-order valence-electron chi connectivity index (χ2n) is 6.31. The fourth-order valence-electron chi connectivity index (χ4n) is 2.84. The quantitative estimate of drug-likeness (QED) is 0.427. The molecule has 2 aromatic rings. The second kappa shape index (κ2) is 11.7. The summed E-state index contributed by atoms with van der Waals surface area (Å²) in [5.74, 6) is 2.17. The van der Waals surface area contributed by atoms with Crippen LogP contribution in [-0.2, 0) is 0 Å². The van der Waals surface area contributed by atoms with E-state index in [4.69, 9.17) is 23.7 Å². The predicted octanol–water partition coefficient (Wildman–Crippen LogP) is 4.05. The lowest BCUT2D eigenvalue weighted by Gasteiger charge is -2.16. The molecule has 0 spiro atoms. The smallest absolute Gasteiger partial charge is 0.271 e. The zero-order chi connectivity index (χ0) is 22.8. The number of methoxy groups -OCH3 is 2. The molecule has 0 aliphatic carbocycles. The highest BCUT2D eigenvalue weighted by Gasteiger charge is 2.18. The molecule has 0 aliphatic heterocycles. The molecule has 0 saturated carbocycles. The van der Waals surface area contributed by atoms with Gasteiger partial charge >= 0.3 is 0 Å². The van der Waals surface area contributed by atoms with Crippen molar-refractivity contribution in [3.8, 4) is 28.7 Å². The number of ether oxygens (including phenoxy) is 5. The predicted molar refractivity (Wildman–Crippen MR) is 119 cm³/mol. The summed E-state index contributed by atoms with van der Waals surface area (Å²) in [6, 6.07) is 8.65. The molecule has 0 saturated heterocycles. The molecular weight excluding hydrogens is 400 g/mol. The van der Waals surface area contributed by atoms with Crippen LogP contribution in [0, 0.1) is 0 Å². The topological polar surface area (TPSA) is 87.6 Å². The standard InChI is InChI=1S/C23H30N2O6/c1-7-29-20-13-17(14-21(30-8-2)22(20)31-9-3)23(26)25-24-15(4)16-10-11-18(27-5)19(12-16)28-6/h10-14H,7-9H2,1-6H3,(H,25,26)/b24-15+. The maximum atomic E-state index is 12.8. The first-order valence-electron chi connectivity index (χ1n) is 10.1. The van der Waals surface area contributed by atoms with E-state index in [2.05, 4.69) is 10.5 Å². The van der Waals surface area contributed by atoms with Crippen molar-refractivity contribution in [1.82, 2.24) is 5.43 Å². The van der Waals surface area contributed by atoms with Crippen molar-refractivity contribution in [2.45, 2.75) is 27.7 Å². The molecule has 0 aromatic heterocycles. The van der Waals surface area contributed by atoms with Crippen molar-refractivity contribution in [2.24, 2.45) is 5.10 Å². The summed E-state index contributed by atoms with van der Waals surface area (Å²) >= 11 is 0. The van der Waals surface area contributed by atoms with E-state index in [1.807, 2.05) is 26.8 Å². The van der Waals surface area contributed by atoms with Gasteiger partial charge in [-0.1, -0.05) is 0 Å². The Morgan fingerprint density at radius 2 is 1.35 bits per heavy atom. The van der Waals surface area contributed by atoms with Crippen molar-refractivity contribution in [3.63, 3.8) is 0 Å². The molecule has 8 nitrogen and oxygen atoms in total. The van der Waals surface area contributed by atoms with Gasteiger partial charge in [0, 0.05) is 11.1 Å². The van der Waals surface area contributed by atoms with Crippen molar-refractivity contribution in [3.05, 3.63) is 41.5 Å². The zero-order valence-electron chi connectivity index (χ0n) is 18.9. The summed E-state index contributed by atoms with van der Waals surface area (Å²) in [5.41, 5.74) is 4.32. The number of hydrogen-bond acceptors (Lipinski definition) is 7. The summed E-state index contributed by atoms with van der Waals surface area (Å²) in [7, 11) is 3.14. The van der Waals surface area contributed by atoms with Crippen LogP contribution in [-0.4, -0.2) is 45.7 Å². The molecule has 8 heteroatoms. The van der Waals surface area contributed by atoms with E-state index in [9.17, 15) is 4.79 Å². The highest BCUT2D eigenvalue weighted by Crippen LogP contribution is 2.39. The van der Waals surface area contributed by atoms with Crippen molar-refractivity contribution < 1.29 is 28.5 Å². The van der Waals surface area contributed by atoms with E-state index in [0.717, 1.165) is 5.56 Å². The van der Waals surface area contributed by atoms with Crippen molar-refractivity contribution in [1.29, 1.82) is 0 Å². The molecule has 0 aliphatic rings. The average molecular weight is 431 g/mol. The fourth-order valence-corrected chi connectivity index (χ4v) is 2.84. The summed E-state index contributed by atoms with van der Waals surface area (Å²) in [6.07, 6.45) is 0. The molecule has 168 valence electrons. The van der Waals surface area contributed by atoms with Crippen LogP contribution in [0.2, 0.25) is 0 Å². The Balaban J connectivity index is 2.29. The molecule has 0 radical (unpaired) electrons. The number of carbonyl (C=O) groups is 1. The number of carbonyl (C=O) groups excluding carboxylic acids is 1. The monoisotopic (exact) mass is 430 g/mol. The lowest BCUT2D eigenvalue weighted by molar-refractivity contribution is 0.0953. The van der Waals surface area contributed by atoms with Crippen LogP contribution in [0.1, 0.15) is 43.6 Å². The Morgan fingerprint density at radius 1 is 0.806 bits per heavy atom. The normalized spacial score (nSPS) is 11.0. The number of nitrogens with zero attached hydrogens (tertiary/aromatic N) is 1. The Morgan fingerprint density at radius 3 is 1.87 bits per heavy atom. The number of benzene rings is 2. The number of amides is 1. The lowest BCUT2D eigenvalue weighted by Crippen LogP contribution is -2.20. The summed E-state index contributed by atoms with van der Waals surface area (Å²) < 4.78 is 27.6. The van der Waals surface area contributed by atoms with E-state index in [1.54, 1.807) is 45.4 Å². The van der Waals surface area contributed by atoms with Gasteiger partial charge in [0.2, 0.25) is 5.75 Å². The van der Waals surface area contributed by atoms with E-state index in [1.165, 1.54) is 0 Å². The van der Waals surface area contributed by atoms with Crippen LogP contribution < -0.4 is 29.1 Å². The van der Waals surface area contributed by atoms with Gasteiger partial charge < -0.3 is 23.7 Å². The first kappa shape index (κ1) is 23.9. The van der Waals surface area contributed by atoms with E-state index >= 15 is 0 Å². The maximum Gasteiger partial charge on any atom is 0.271 e. The van der Waals surface area contributed by atoms with Gasteiger partial charge in [-0.2, -0.15) is 5.10 Å². The van der Waals surface area contributed by atoms with E-state index in [-0.39, 0.29) is 0 Å². The second-order valence-corrected chi connectivity index (χ2v) is 6.31. The third-order valence-corrected chi connectivity index (χ3v) is 4.30. The number of rotatable bonds is 11. The minimum atomic E-state index is -0.398. The van der Waals surface area contributed by atoms with Gasteiger partial charge in [0.25, 0.3) is 5.91 Å². The Labute approximate surface area is 183 Å². The van der Waals surface area contributed by atoms with Crippen LogP contribution >= 0.6 is 0 Å². The fraction of sp³-hybridized carbons (Fsp3) is 0.391. The molecule has 31 heavy (non-hydrogen) atoms. The number of nitrogens with one attached hydrogen (secondary N) is 1. The van der Waals surface area contributed by atoms with E-state index in [0.29, 0.717) is 59.8 Å². The van der Waals surface area contributed by atoms with Crippen LogP contribution in [0.4, 0.5) is 0 Å². The SMILES string of the molecule is CCOc1cc(C(=O)N/N=C(\C)c2ccc(OC)c(OC)c2)cc(OCC)c1OCC.